The van der Waals surface area contributed by atoms with Gasteiger partial charge in [0, 0.05) is 0 Å². The lowest BCUT2D eigenvalue weighted by atomic mass is 9.75. The maximum absolute atomic E-state index is 6.14. The van der Waals surface area contributed by atoms with E-state index >= 15 is 0 Å². The minimum absolute atomic E-state index is 0.175. The van der Waals surface area contributed by atoms with Gasteiger partial charge in [-0.3, -0.25) is 9.97 Å². The second kappa shape index (κ2) is 2.77. The van der Waals surface area contributed by atoms with E-state index in [2.05, 4.69) is 9.97 Å². The van der Waals surface area contributed by atoms with Gasteiger partial charge in [-0.25, -0.2) is 0 Å². The van der Waals surface area contributed by atoms with Gasteiger partial charge in [-0.05, 0) is 33.1 Å². The molecule has 1 aliphatic carbocycles. The highest BCUT2D eigenvalue weighted by Crippen LogP contribution is 2.37. The van der Waals surface area contributed by atoms with Gasteiger partial charge < -0.3 is 5.73 Å². The Morgan fingerprint density at radius 1 is 1.31 bits per heavy atom. The number of rotatable bonds is 1. The molecule has 0 amide bonds. The summed E-state index contributed by atoms with van der Waals surface area (Å²) in [6, 6.07) is 0. The molecule has 0 bridgehead atoms. The molecule has 0 aliphatic heterocycles. The average Bonchev–Trinajstić information content (AvgIpc) is 2.06. The normalized spacial score (nSPS) is 19.6. The molecular weight excluding hydrogens is 162 g/mol. The maximum Gasteiger partial charge on any atom is 0.0788 e. The molecule has 70 valence electrons. The van der Waals surface area contributed by atoms with E-state index < -0.39 is 0 Å². The Morgan fingerprint density at radius 2 is 2.00 bits per heavy atom. The molecule has 0 unspecified atom stereocenters. The fraction of sp³-hybridized carbons (Fsp3) is 0.600. The molecule has 1 saturated carbocycles. The largest absolute Gasteiger partial charge is 0.320 e. The van der Waals surface area contributed by atoms with E-state index in [1.54, 1.807) is 0 Å². The molecule has 0 spiro atoms. The molecule has 2 N–H and O–H groups in total. The van der Waals surface area contributed by atoms with Crippen LogP contribution in [-0.4, -0.2) is 9.97 Å². The van der Waals surface area contributed by atoms with Crippen LogP contribution in [0.3, 0.4) is 0 Å². The van der Waals surface area contributed by atoms with E-state index in [-0.39, 0.29) is 5.54 Å². The fourth-order valence-electron chi connectivity index (χ4n) is 1.60. The van der Waals surface area contributed by atoms with Gasteiger partial charge in [0.05, 0.1) is 28.8 Å². The van der Waals surface area contributed by atoms with Crippen LogP contribution in [0, 0.1) is 13.8 Å². The second-order valence-corrected chi connectivity index (χ2v) is 3.94. The van der Waals surface area contributed by atoms with Crippen molar-refractivity contribution in [2.45, 2.75) is 38.6 Å². The van der Waals surface area contributed by atoms with Gasteiger partial charge in [0.25, 0.3) is 0 Å². The SMILES string of the molecule is Cc1ncc(C2(N)CCC2)nc1C. The van der Waals surface area contributed by atoms with Crippen LogP contribution < -0.4 is 5.73 Å². The number of hydrogen-bond donors (Lipinski definition) is 1. The Bertz CT molecular complexity index is 329. The average molecular weight is 177 g/mol. The van der Waals surface area contributed by atoms with E-state index in [4.69, 9.17) is 5.73 Å². The predicted octanol–water partition coefficient (Wildman–Crippen LogP) is 1.43. The molecule has 3 nitrogen and oxygen atoms in total. The molecule has 3 heteroatoms. The summed E-state index contributed by atoms with van der Waals surface area (Å²) in [5.41, 5.74) is 8.91. The number of nitrogens with two attached hydrogens (primary N) is 1. The number of aryl methyl sites for hydroxylation is 2. The summed E-state index contributed by atoms with van der Waals surface area (Å²) in [6.45, 7) is 3.95. The van der Waals surface area contributed by atoms with E-state index in [9.17, 15) is 0 Å². The zero-order valence-electron chi connectivity index (χ0n) is 8.17. The van der Waals surface area contributed by atoms with Gasteiger partial charge in [-0.15, -0.1) is 0 Å². The van der Waals surface area contributed by atoms with Gasteiger partial charge in [0.15, 0.2) is 0 Å². The molecule has 1 aliphatic rings. The molecule has 2 rings (SSSR count). The van der Waals surface area contributed by atoms with E-state index in [0.717, 1.165) is 29.9 Å². The first-order valence-corrected chi connectivity index (χ1v) is 4.71. The summed E-state index contributed by atoms with van der Waals surface area (Å²) in [4.78, 5) is 8.76. The van der Waals surface area contributed by atoms with Crippen LogP contribution in [0.1, 0.15) is 36.3 Å². The van der Waals surface area contributed by atoms with E-state index in [0.29, 0.717) is 0 Å². The number of aromatic nitrogens is 2. The maximum atomic E-state index is 6.14. The Morgan fingerprint density at radius 3 is 2.46 bits per heavy atom. The molecule has 1 heterocycles. The van der Waals surface area contributed by atoms with E-state index in [1.807, 2.05) is 20.0 Å². The number of hydrogen-bond acceptors (Lipinski definition) is 3. The van der Waals surface area contributed by atoms with Crippen LogP contribution in [0.5, 0.6) is 0 Å². The Hall–Kier alpha value is -0.960. The summed E-state index contributed by atoms with van der Waals surface area (Å²) >= 11 is 0. The summed E-state index contributed by atoms with van der Waals surface area (Å²) in [5, 5.41) is 0. The minimum atomic E-state index is -0.175. The zero-order chi connectivity index (χ0) is 9.47. The van der Waals surface area contributed by atoms with Gasteiger partial charge in [-0.2, -0.15) is 0 Å². The van der Waals surface area contributed by atoms with Crippen molar-refractivity contribution in [2.75, 3.05) is 0 Å². The predicted molar refractivity (Wildman–Crippen MR) is 51.2 cm³/mol. The number of nitrogens with zero attached hydrogens (tertiary/aromatic N) is 2. The third-order valence-corrected chi connectivity index (χ3v) is 2.95. The van der Waals surface area contributed by atoms with Crippen molar-refractivity contribution < 1.29 is 0 Å². The molecule has 0 atom stereocenters. The van der Waals surface area contributed by atoms with Crippen LogP contribution in [-0.2, 0) is 5.54 Å². The van der Waals surface area contributed by atoms with Crippen molar-refractivity contribution in [3.63, 3.8) is 0 Å². The Balaban J connectivity index is 2.36. The molecule has 0 saturated heterocycles. The van der Waals surface area contributed by atoms with Gasteiger partial charge in [-0.1, -0.05) is 0 Å². The Kier molecular flexibility index (Phi) is 1.84. The van der Waals surface area contributed by atoms with Crippen LogP contribution in [0.4, 0.5) is 0 Å². The van der Waals surface area contributed by atoms with Gasteiger partial charge in [0.1, 0.15) is 0 Å². The lowest BCUT2D eigenvalue weighted by molar-refractivity contribution is 0.245. The molecule has 1 aromatic heterocycles. The smallest absolute Gasteiger partial charge is 0.0788 e. The third kappa shape index (κ3) is 1.33. The lowest BCUT2D eigenvalue weighted by Gasteiger charge is -2.37. The highest BCUT2D eigenvalue weighted by molar-refractivity contribution is 5.19. The first kappa shape index (κ1) is 8.63. The van der Waals surface area contributed by atoms with Crippen molar-refractivity contribution in [3.05, 3.63) is 23.3 Å². The van der Waals surface area contributed by atoms with Crippen LogP contribution in [0.25, 0.3) is 0 Å². The molecule has 1 fully saturated rings. The highest BCUT2D eigenvalue weighted by atomic mass is 14.9. The fourth-order valence-corrected chi connectivity index (χ4v) is 1.60. The first-order chi connectivity index (χ1) is 6.12. The van der Waals surface area contributed by atoms with Gasteiger partial charge in [0.2, 0.25) is 0 Å². The lowest BCUT2D eigenvalue weighted by Crippen LogP contribution is -2.44. The monoisotopic (exact) mass is 177 g/mol. The summed E-state index contributed by atoms with van der Waals surface area (Å²) in [7, 11) is 0. The molecule has 0 aromatic carbocycles. The zero-order valence-corrected chi connectivity index (χ0v) is 8.17. The van der Waals surface area contributed by atoms with E-state index in [1.165, 1.54) is 6.42 Å². The molecule has 1 aromatic rings. The summed E-state index contributed by atoms with van der Waals surface area (Å²) in [6.07, 6.45) is 5.13. The van der Waals surface area contributed by atoms with Crippen molar-refractivity contribution in [2.24, 2.45) is 5.73 Å². The third-order valence-electron chi connectivity index (χ3n) is 2.95. The van der Waals surface area contributed by atoms with Crippen LogP contribution in [0.15, 0.2) is 6.20 Å². The highest BCUT2D eigenvalue weighted by Gasteiger charge is 2.36. The topological polar surface area (TPSA) is 51.8 Å². The molecule has 13 heavy (non-hydrogen) atoms. The van der Waals surface area contributed by atoms with Gasteiger partial charge >= 0.3 is 0 Å². The summed E-state index contributed by atoms with van der Waals surface area (Å²) < 4.78 is 0. The summed E-state index contributed by atoms with van der Waals surface area (Å²) in [5.74, 6) is 0. The quantitative estimate of drug-likeness (QED) is 0.706. The Labute approximate surface area is 78.4 Å². The van der Waals surface area contributed by atoms with Crippen LogP contribution >= 0.6 is 0 Å². The minimum Gasteiger partial charge on any atom is -0.320 e. The first-order valence-electron chi connectivity index (χ1n) is 4.71. The standard InChI is InChI=1S/C10H15N3/c1-7-8(2)13-9(6-12-7)10(11)4-3-5-10/h6H,3-5,11H2,1-2H3. The van der Waals surface area contributed by atoms with Crippen LogP contribution in [0.2, 0.25) is 0 Å². The molecular formula is C10H15N3. The molecule has 0 radical (unpaired) electrons. The van der Waals surface area contributed by atoms with Crippen molar-refractivity contribution in [3.8, 4) is 0 Å². The van der Waals surface area contributed by atoms with Crippen molar-refractivity contribution >= 4 is 0 Å². The second-order valence-electron chi connectivity index (χ2n) is 3.94. The van der Waals surface area contributed by atoms with Crippen molar-refractivity contribution in [1.82, 2.24) is 9.97 Å². The van der Waals surface area contributed by atoms with Crippen molar-refractivity contribution in [1.29, 1.82) is 0 Å².